The Kier molecular flexibility index (Phi) is 5.35. The number of anilines is 1. The Morgan fingerprint density at radius 1 is 1.21 bits per heavy atom. The first kappa shape index (κ1) is 20.1. The summed E-state index contributed by atoms with van der Waals surface area (Å²) < 4.78 is 40.0. The highest BCUT2D eigenvalue weighted by atomic mass is 19.4. The van der Waals surface area contributed by atoms with Crippen LogP contribution in [0.15, 0.2) is 59.7 Å². The van der Waals surface area contributed by atoms with Crippen LogP contribution in [0.5, 0.6) is 0 Å². The molecule has 1 aromatic carbocycles. The molecule has 10 heteroatoms. The second kappa shape index (κ2) is 7.74. The molecule has 1 amide bonds. The zero-order valence-corrected chi connectivity index (χ0v) is 15.1. The standard InChI is InChI=1S/C19H16F3N5O2/c1-11(12-7-13(19(20,21)22)9-14(23)8-12)25-18(29)16-4-5-17(28)27(26-16)15-3-2-6-24-10-15/h2-11H,23H2,1H3,(H,25,29)/t11-/m1/s1. The fraction of sp³-hybridized carbons (Fsp3) is 0.158. The lowest BCUT2D eigenvalue weighted by atomic mass is 10.0. The summed E-state index contributed by atoms with van der Waals surface area (Å²) in [6, 6.07) is 7.92. The van der Waals surface area contributed by atoms with Gasteiger partial charge in [-0.25, -0.2) is 0 Å². The van der Waals surface area contributed by atoms with E-state index in [1.54, 1.807) is 12.1 Å². The fourth-order valence-electron chi connectivity index (χ4n) is 2.64. The third kappa shape index (κ3) is 4.60. The molecule has 0 aliphatic carbocycles. The molecule has 0 radical (unpaired) electrons. The highest BCUT2D eigenvalue weighted by Gasteiger charge is 2.31. The Morgan fingerprint density at radius 3 is 2.62 bits per heavy atom. The molecular weight excluding hydrogens is 387 g/mol. The van der Waals surface area contributed by atoms with E-state index in [1.807, 2.05) is 0 Å². The van der Waals surface area contributed by atoms with Gasteiger partial charge in [-0.15, -0.1) is 0 Å². The Balaban J connectivity index is 1.86. The third-order valence-corrected chi connectivity index (χ3v) is 4.08. The number of rotatable bonds is 4. The van der Waals surface area contributed by atoms with E-state index in [0.29, 0.717) is 5.69 Å². The number of pyridine rings is 1. The van der Waals surface area contributed by atoms with Crippen molar-refractivity contribution in [1.82, 2.24) is 20.1 Å². The molecule has 0 saturated heterocycles. The fourth-order valence-corrected chi connectivity index (χ4v) is 2.64. The van der Waals surface area contributed by atoms with Crippen molar-refractivity contribution in [2.45, 2.75) is 19.1 Å². The van der Waals surface area contributed by atoms with E-state index in [4.69, 9.17) is 5.73 Å². The van der Waals surface area contributed by atoms with Crippen LogP contribution in [-0.2, 0) is 6.18 Å². The van der Waals surface area contributed by atoms with Gasteiger partial charge in [0.25, 0.3) is 11.5 Å². The minimum Gasteiger partial charge on any atom is -0.399 e. The number of nitrogens with two attached hydrogens (primary N) is 1. The maximum absolute atomic E-state index is 13.0. The molecule has 0 unspecified atom stereocenters. The van der Waals surface area contributed by atoms with Crippen LogP contribution in [0, 0.1) is 0 Å². The number of carbonyl (C=O) groups is 1. The summed E-state index contributed by atoms with van der Waals surface area (Å²) in [6.07, 6.45) is -1.63. The Morgan fingerprint density at radius 2 is 1.97 bits per heavy atom. The Bertz CT molecular complexity index is 1100. The number of hydrogen-bond acceptors (Lipinski definition) is 5. The van der Waals surface area contributed by atoms with Gasteiger partial charge in [-0.1, -0.05) is 0 Å². The van der Waals surface area contributed by atoms with Gasteiger partial charge in [0.1, 0.15) is 5.69 Å². The SMILES string of the molecule is C[C@@H](NC(=O)c1ccc(=O)n(-c2cccnc2)n1)c1cc(N)cc(C(F)(F)F)c1. The van der Waals surface area contributed by atoms with Crippen molar-refractivity contribution >= 4 is 11.6 Å². The quantitative estimate of drug-likeness (QED) is 0.652. The van der Waals surface area contributed by atoms with Crippen molar-refractivity contribution in [3.05, 3.63) is 82.0 Å². The minimum atomic E-state index is -4.56. The van der Waals surface area contributed by atoms with E-state index in [2.05, 4.69) is 15.4 Å². The molecule has 3 rings (SSSR count). The van der Waals surface area contributed by atoms with Crippen LogP contribution in [0.2, 0.25) is 0 Å². The summed E-state index contributed by atoms with van der Waals surface area (Å²) in [5.74, 6) is -0.661. The largest absolute Gasteiger partial charge is 0.416 e. The summed E-state index contributed by atoms with van der Waals surface area (Å²) in [7, 11) is 0. The number of hydrogen-bond donors (Lipinski definition) is 2. The first-order chi connectivity index (χ1) is 13.6. The van der Waals surface area contributed by atoms with Crippen LogP contribution >= 0.6 is 0 Å². The second-order valence-corrected chi connectivity index (χ2v) is 6.26. The molecule has 7 nitrogen and oxygen atoms in total. The smallest absolute Gasteiger partial charge is 0.399 e. The molecule has 0 aliphatic heterocycles. The van der Waals surface area contributed by atoms with E-state index in [-0.39, 0.29) is 16.9 Å². The lowest BCUT2D eigenvalue weighted by Gasteiger charge is -2.17. The average Bonchev–Trinajstić information content (AvgIpc) is 2.67. The molecule has 150 valence electrons. The Hall–Kier alpha value is -3.69. The van der Waals surface area contributed by atoms with E-state index in [1.165, 1.54) is 37.5 Å². The lowest BCUT2D eigenvalue weighted by molar-refractivity contribution is -0.137. The van der Waals surface area contributed by atoms with Gasteiger partial charge in [0.05, 0.1) is 23.5 Å². The predicted molar refractivity (Wildman–Crippen MR) is 99.4 cm³/mol. The number of aromatic nitrogens is 3. The normalized spacial score (nSPS) is 12.4. The van der Waals surface area contributed by atoms with Gasteiger partial charge < -0.3 is 11.1 Å². The first-order valence-electron chi connectivity index (χ1n) is 8.44. The summed E-state index contributed by atoms with van der Waals surface area (Å²) >= 11 is 0. The van der Waals surface area contributed by atoms with Crippen molar-refractivity contribution < 1.29 is 18.0 Å². The van der Waals surface area contributed by atoms with Crippen LogP contribution in [0.1, 0.15) is 34.6 Å². The van der Waals surface area contributed by atoms with Gasteiger partial charge >= 0.3 is 6.18 Å². The number of nitrogens with one attached hydrogen (secondary N) is 1. The summed E-state index contributed by atoms with van der Waals surface area (Å²) in [6.45, 7) is 1.52. The minimum absolute atomic E-state index is 0.0702. The van der Waals surface area contributed by atoms with Crippen molar-refractivity contribution in [1.29, 1.82) is 0 Å². The van der Waals surface area contributed by atoms with Crippen molar-refractivity contribution in [2.75, 3.05) is 5.73 Å². The molecule has 3 N–H and O–H groups in total. The number of halogens is 3. The number of benzene rings is 1. The first-order valence-corrected chi connectivity index (χ1v) is 8.44. The van der Waals surface area contributed by atoms with E-state index >= 15 is 0 Å². The highest BCUT2D eigenvalue weighted by Crippen LogP contribution is 2.32. The Labute approximate surface area is 163 Å². The summed E-state index contributed by atoms with van der Waals surface area (Å²) in [5, 5.41) is 6.57. The van der Waals surface area contributed by atoms with Crippen molar-refractivity contribution in [2.24, 2.45) is 0 Å². The van der Waals surface area contributed by atoms with Gasteiger partial charge in [0.2, 0.25) is 0 Å². The molecule has 2 heterocycles. The van der Waals surface area contributed by atoms with Gasteiger partial charge in [0.15, 0.2) is 0 Å². The number of amides is 1. The highest BCUT2D eigenvalue weighted by molar-refractivity contribution is 5.92. The molecule has 29 heavy (non-hydrogen) atoms. The molecule has 0 fully saturated rings. The maximum Gasteiger partial charge on any atom is 0.416 e. The van der Waals surface area contributed by atoms with Gasteiger partial charge in [0, 0.05) is 18.0 Å². The number of carbonyl (C=O) groups excluding carboxylic acids is 1. The number of nitrogens with zero attached hydrogens (tertiary/aromatic N) is 3. The van der Waals surface area contributed by atoms with Crippen molar-refractivity contribution in [3.63, 3.8) is 0 Å². The van der Waals surface area contributed by atoms with Crippen LogP contribution in [0.25, 0.3) is 5.69 Å². The summed E-state index contributed by atoms with van der Waals surface area (Å²) in [5.41, 5.74) is 4.60. The van der Waals surface area contributed by atoms with Crippen LogP contribution in [0.4, 0.5) is 18.9 Å². The molecule has 3 aromatic rings. The van der Waals surface area contributed by atoms with E-state index in [0.717, 1.165) is 16.8 Å². The predicted octanol–water partition coefficient (Wildman–Crippen LogP) is 2.72. The molecule has 0 saturated carbocycles. The average molecular weight is 403 g/mol. The third-order valence-electron chi connectivity index (χ3n) is 4.08. The number of nitrogen functional groups attached to an aromatic ring is 1. The van der Waals surface area contributed by atoms with Crippen LogP contribution in [0.3, 0.4) is 0 Å². The zero-order chi connectivity index (χ0) is 21.2. The molecule has 2 aromatic heterocycles. The van der Waals surface area contributed by atoms with E-state index in [9.17, 15) is 22.8 Å². The van der Waals surface area contributed by atoms with Gasteiger partial charge in [-0.2, -0.15) is 23.0 Å². The van der Waals surface area contributed by atoms with Crippen LogP contribution in [-0.4, -0.2) is 20.7 Å². The molecule has 0 bridgehead atoms. The summed E-state index contributed by atoms with van der Waals surface area (Å²) in [4.78, 5) is 28.5. The monoisotopic (exact) mass is 403 g/mol. The van der Waals surface area contributed by atoms with Crippen molar-refractivity contribution in [3.8, 4) is 5.69 Å². The van der Waals surface area contributed by atoms with Crippen LogP contribution < -0.4 is 16.6 Å². The van der Waals surface area contributed by atoms with Gasteiger partial charge in [-0.05, 0) is 48.9 Å². The van der Waals surface area contributed by atoms with Gasteiger partial charge in [-0.3, -0.25) is 14.6 Å². The maximum atomic E-state index is 13.0. The molecular formula is C19H16F3N5O2. The molecule has 1 atom stereocenters. The zero-order valence-electron chi connectivity index (χ0n) is 15.1. The molecule has 0 spiro atoms. The topological polar surface area (TPSA) is 103 Å². The van der Waals surface area contributed by atoms with E-state index < -0.39 is 29.2 Å². The lowest BCUT2D eigenvalue weighted by Crippen LogP contribution is -2.30. The molecule has 0 aliphatic rings. The number of alkyl halides is 3. The second-order valence-electron chi connectivity index (χ2n) is 6.26.